The number of nitrogens with two attached hydrogens (primary N) is 1. The molecule has 0 spiro atoms. The average Bonchev–Trinajstić information content (AvgIpc) is 3.14. The lowest BCUT2D eigenvalue weighted by Gasteiger charge is -2.42. The molecule has 2 aliphatic carbocycles. The summed E-state index contributed by atoms with van der Waals surface area (Å²) in [6.45, 7) is 2.75. The molecule has 2 saturated carbocycles. The van der Waals surface area contributed by atoms with Crippen LogP contribution in [0.4, 0.5) is 0 Å². The van der Waals surface area contributed by atoms with Gasteiger partial charge in [-0.3, -0.25) is 0 Å². The minimum Gasteiger partial charge on any atom is -0.377 e. The van der Waals surface area contributed by atoms with Gasteiger partial charge in [0.15, 0.2) is 0 Å². The standard InChI is InChI=1S/C15H28N2O/c16-11-15(17-10-14-4-2-8-18-14)7-1-3-13(9-15)12-5-6-12/h12-14,17H,1-11,16H2. The van der Waals surface area contributed by atoms with Gasteiger partial charge in [-0.15, -0.1) is 0 Å². The van der Waals surface area contributed by atoms with Crippen molar-refractivity contribution in [2.75, 3.05) is 19.7 Å². The van der Waals surface area contributed by atoms with Crippen LogP contribution in [0.15, 0.2) is 0 Å². The summed E-state index contributed by atoms with van der Waals surface area (Å²) in [5.74, 6) is 1.97. The first kappa shape index (κ1) is 12.9. The molecule has 3 fully saturated rings. The van der Waals surface area contributed by atoms with E-state index in [0.29, 0.717) is 6.10 Å². The molecule has 3 nitrogen and oxygen atoms in total. The van der Waals surface area contributed by atoms with E-state index in [1.54, 1.807) is 0 Å². The van der Waals surface area contributed by atoms with Crippen molar-refractivity contribution in [2.45, 2.75) is 63.0 Å². The first-order valence-corrected chi connectivity index (χ1v) is 7.88. The van der Waals surface area contributed by atoms with Crippen LogP contribution in [0.25, 0.3) is 0 Å². The highest BCUT2D eigenvalue weighted by Gasteiger charge is 2.41. The van der Waals surface area contributed by atoms with E-state index in [2.05, 4.69) is 5.32 Å². The van der Waals surface area contributed by atoms with E-state index in [-0.39, 0.29) is 5.54 Å². The zero-order valence-electron chi connectivity index (χ0n) is 11.5. The van der Waals surface area contributed by atoms with Gasteiger partial charge in [0.2, 0.25) is 0 Å². The van der Waals surface area contributed by atoms with Crippen molar-refractivity contribution < 1.29 is 4.74 Å². The van der Waals surface area contributed by atoms with Gasteiger partial charge in [-0.1, -0.05) is 12.8 Å². The summed E-state index contributed by atoms with van der Waals surface area (Å²) in [4.78, 5) is 0. The molecule has 3 unspecified atom stereocenters. The summed E-state index contributed by atoms with van der Waals surface area (Å²) in [7, 11) is 0. The molecule has 3 atom stereocenters. The second-order valence-corrected chi connectivity index (χ2v) is 6.69. The summed E-state index contributed by atoms with van der Waals surface area (Å²) in [6, 6.07) is 0. The largest absolute Gasteiger partial charge is 0.377 e. The SMILES string of the molecule is NCC1(NCC2CCCO2)CCCC(C2CC2)C1. The van der Waals surface area contributed by atoms with Gasteiger partial charge < -0.3 is 15.8 Å². The molecule has 0 aromatic rings. The molecule has 1 aliphatic heterocycles. The number of rotatable bonds is 5. The van der Waals surface area contributed by atoms with Crippen LogP contribution in [0.1, 0.15) is 51.4 Å². The third kappa shape index (κ3) is 2.89. The maximum Gasteiger partial charge on any atom is 0.0700 e. The number of nitrogens with one attached hydrogen (secondary N) is 1. The van der Waals surface area contributed by atoms with Crippen molar-refractivity contribution in [3.8, 4) is 0 Å². The van der Waals surface area contributed by atoms with Crippen LogP contribution in [0.5, 0.6) is 0 Å². The van der Waals surface area contributed by atoms with Crippen molar-refractivity contribution in [2.24, 2.45) is 17.6 Å². The van der Waals surface area contributed by atoms with Gasteiger partial charge in [0.1, 0.15) is 0 Å². The molecule has 3 rings (SSSR count). The Balaban J connectivity index is 1.54. The van der Waals surface area contributed by atoms with Crippen molar-refractivity contribution in [1.82, 2.24) is 5.32 Å². The Labute approximate surface area is 111 Å². The molecule has 3 heteroatoms. The van der Waals surface area contributed by atoms with Crippen LogP contribution >= 0.6 is 0 Å². The minimum atomic E-state index is 0.220. The van der Waals surface area contributed by atoms with E-state index in [4.69, 9.17) is 10.5 Å². The van der Waals surface area contributed by atoms with Crippen LogP contribution < -0.4 is 11.1 Å². The smallest absolute Gasteiger partial charge is 0.0700 e. The van der Waals surface area contributed by atoms with Gasteiger partial charge in [0.05, 0.1) is 6.10 Å². The quantitative estimate of drug-likeness (QED) is 0.787. The molecule has 18 heavy (non-hydrogen) atoms. The average molecular weight is 252 g/mol. The van der Waals surface area contributed by atoms with Crippen molar-refractivity contribution >= 4 is 0 Å². The van der Waals surface area contributed by atoms with E-state index >= 15 is 0 Å². The lowest BCUT2D eigenvalue weighted by Crippen LogP contribution is -2.56. The van der Waals surface area contributed by atoms with Gasteiger partial charge >= 0.3 is 0 Å². The molecule has 0 aromatic carbocycles. The van der Waals surface area contributed by atoms with E-state index in [1.807, 2.05) is 0 Å². The summed E-state index contributed by atoms with van der Waals surface area (Å²) in [5.41, 5.74) is 6.32. The predicted octanol–water partition coefficient (Wildman–Crippen LogP) is 2.05. The Bertz CT molecular complexity index is 274. The lowest BCUT2D eigenvalue weighted by molar-refractivity contribution is 0.0885. The van der Waals surface area contributed by atoms with Gasteiger partial charge in [-0.05, 0) is 50.4 Å². The third-order valence-electron chi connectivity index (χ3n) is 5.29. The molecule has 1 heterocycles. The highest BCUT2D eigenvalue weighted by atomic mass is 16.5. The molecule has 1 saturated heterocycles. The molecular weight excluding hydrogens is 224 g/mol. The van der Waals surface area contributed by atoms with Crippen molar-refractivity contribution in [3.63, 3.8) is 0 Å². The van der Waals surface area contributed by atoms with Gasteiger partial charge in [0.25, 0.3) is 0 Å². The Hall–Kier alpha value is -0.120. The van der Waals surface area contributed by atoms with Crippen molar-refractivity contribution in [3.05, 3.63) is 0 Å². The maximum atomic E-state index is 6.10. The summed E-state index contributed by atoms with van der Waals surface area (Å²) in [6.07, 6.45) is 11.2. The van der Waals surface area contributed by atoms with Gasteiger partial charge in [0, 0.05) is 25.2 Å². The topological polar surface area (TPSA) is 47.3 Å². The molecule has 0 radical (unpaired) electrons. The lowest BCUT2D eigenvalue weighted by atomic mass is 9.73. The Morgan fingerprint density at radius 2 is 2.00 bits per heavy atom. The third-order valence-corrected chi connectivity index (χ3v) is 5.29. The second-order valence-electron chi connectivity index (χ2n) is 6.69. The highest BCUT2D eigenvalue weighted by Crippen LogP contribution is 2.46. The highest BCUT2D eigenvalue weighted by molar-refractivity contribution is 4.98. The van der Waals surface area contributed by atoms with Crippen LogP contribution in [0, 0.1) is 11.8 Å². The number of ether oxygens (including phenoxy) is 1. The first-order valence-electron chi connectivity index (χ1n) is 7.88. The zero-order valence-corrected chi connectivity index (χ0v) is 11.5. The minimum absolute atomic E-state index is 0.220. The van der Waals surface area contributed by atoms with E-state index < -0.39 is 0 Å². The van der Waals surface area contributed by atoms with E-state index in [0.717, 1.165) is 31.5 Å². The number of hydrogen-bond acceptors (Lipinski definition) is 3. The van der Waals surface area contributed by atoms with Crippen LogP contribution in [0.2, 0.25) is 0 Å². The van der Waals surface area contributed by atoms with Crippen LogP contribution in [-0.4, -0.2) is 31.3 Å². The summed E-state index contributed by atoms with van der Waals surface area (Å²) >= 11 is 0. The van der Waals surface area contributed by atoms with Gasteiger partial charge in [-0.25, -0.2) is 0 Å². The maximum absolute atomic E-state index is 6.10. The van der Waals surface area contributed by atoms with E-state index in [1.165, 1.54) is 51.4 Å². The van der Waals surface area contributed by atoms with E-state index in [9.17, 15) is 0 Å². The fourth-order valence-electron chi connectivity index (χ4n) is 3.93. The van der Waals surface area contributed by atoms with Gasteiger partial charge in [-0.2, -0.15) is 0 Å². The Morgan fingerprint density at radius 3 is 2.67 bits per heavy atom. The fourth-order valence-corrected chi connectivity index (χ4v) is 3.93. The Kier molecular flexibility index (Phi) is 3.92. The Morgan fingerprint density at radius 1 is 1.11 bits per heavy atom. The molecule has 3 aliphatic rings. The normalized spacial score (nSPS) is 41.2. The molecule has 0 bridgehead atoms. The monoisotopic (exact) mass is 252 g/mol. The number of hydrogen-bond donors (Lipinski definition) is 2. The summed E-state index contributed by atoms with van der Waals surface area (Å²) < 4.78 is 5.72. The first-order chi connectivity index (χ1) is 8.81. The van der Waals surface area contributed by atoms with Crippen LogP contribution in [0.3, 0.4) is 0 Å². The molecule has 0 aromatic heterocycles. The molecular formula is C15H28N2O. The summed E-state index contributed by atoms with van der Waals surface area (Å²) in [5, 5.41) is 3.79. The van der Waals surface area contributed by atoms with Crippen molar-refractivity contribution in [1.29, 1.82) is 0 Å². The molecule has 0 amide bonds. The second kappa shape index (κ2) is 5.48. The molecule has 104 valence electrons. The predicted molar refractivity (Wildman–Crippen MR) is 73.4 cm³/mol. The zero-order chi connectivity index (χ0) is 12.4. The fraction of sp³-hybridized carbons (Fsp3) is 1.00. The molecule has 3 N–H and O–H groups in total. The van der Waals surface area contributed by atoms with Crippen LogP contribution in [-0.2, 0) is 4.74 Å².